The summed E-state index contributed by atoms with van der Waals surface area (Å²) in [6.45, 7) is 6.70. The molecule has 4 heteroatoms. The van der Waals surface area contributed by atoms with Crippen LogP contribution in [0, 0.1) is 13.8 Å². The Bertz CT molecular complexity index is 499. The number of nitrogens with zero attached hydrogens (tertiary/aromatic N) is 3. The monoisotopic (exact) mass is 231 g/mol. The highest BCUT2D eigenvalue weighted by Crippen LogP contribution is 2.26. The summed E-state index contributed by atoms with van der Waals surface area (Å²) >= 11 is 0. The summed E-state index contributed by atoms with van der Waals surface area (Å²) in [6.07, 6.45) is 0.964. The van der Waals surface area contributed by atoms with Crippen LogP contribution in [0.5, 0.6) is 0 Å². The molecule has 1 N–H and O–H groups in total. The van der Waals surface area contributed by atoms with E-state index in [2.05, 4.69) is 10.3 Å². The molecule has 1 aromatic carbocycles. The Morgan fingerprint density at radius 3 is 2.53 bits per heavy atom. The predicted octanol–water partition coefficient (Wildman–Crippen LogP) is 2.00. The second-order valence-corrected chi connectivity index (χ2v) is 4.18. The van der Waals surface area contributed by atoms with Crippen LogP contribution >= 0.6 is 0 Å². The number of hydrogen-bond donors (Lipinski definition) is 1. The zero-order valence-corrected chi connectivity index (χ0v) is 10.4. The van der Waals surface area contributed by atoms with E-state index in [9.17, 15) is 5.11 Å². The van der Waals surface area contributed by atoms with Crippen LogP contribution < -0.4 is 0 Å². The van der Waals surface area contributed by atoms with Crippen molar-refractivity contribution >= 4 is 0 Å². The highest BCUT2D eigenvalue weighted by molar-refractivity contribution is 5.38. The summed E-state index contributed by atoms with van der Waals surface area (Å²) in [6, 6.07) is 6.01. The number of rotatable bonds is 3. The summed E-state index contributed by atoms with van der Waals surface area (Å²) < 4.78 is 1.72. The van der Waals surface area contributed by atoms with Crippen molar-refractivity contribution in [2.75, 3.05) is 0 Å². The molecular weight excluding hydrogens is 214 g/mol. The lowest BCUT2D eigenvalue weighted by atomic mass is 9.96. The molecule has 0 fully saturated rings. The Kier molecular flexibility index (Phi) is 3.24. The van der Waals surface area contributed by atoms with E-state index in [0.29, 0.717) is 6.54 Å². The normalized spacial score (nSPS) is 12.7. The average molecular weight is 231 g/mol. The van der Waals surface area contributed by atoms with Crippen molar-refractivity contribution in [2.45, 2.75) is 33.4 Å². The number of benzene rings is 1. The van der Waals surface area contributed by atoms with E-state index in [1.165, 1.54) is 0 Å². The smallest absolute Gasteiger partial charge is 0.123 e. The van der Waals surface area contributed by atoms with Gasteiger partial charge in [-0.25, -0.2) is 4.68 Å². The van der Waals surface area contributed by atoms with Crippen LogP contribution in [0.4, 0.5) is 0 Å². The summed E-state index contributed by atoms with van der Waals surface area (Å²) in [5.41, 5.74) is 3.86. The molecular formula is C13H17N3O. The van der Waals surface area contributed by atoms with E-state index in [0.717, 1.165) is 22.4 Å². The van der Waals surface area contributed by atoms with Gasteiger partial charge in [-0.05, 0) is 37.5 Å². The zero-order valence-electron chi connectivity index (χ0n) is 10.4. The van der Waals surface area contributed by atoms with Crippen LogP contribution in [0.3, 0.4) is 0 Å². The van der Waals surface area contributed by atoms with Crippen molar-refractivity contribution in [3.05, 3.63) is 46.8 Å². The molecule has 0 radical (unpaired) electrons. The maximum atomic E-state index is 10.5. The number of aliphatic hydroxyl groups excluding tert-OH is 1. The second kappa shape index (κ2) is 4.67. The number of aryl methyl sites for hydroxylation is 3. The minimum atomic E-state index is -0.661. The van der Waals surface area contributed by atoms with Crippen LogP contribution in [0.25, 0.3) is 0 Å². The van der Waals surface area contributed by atoms with E-state index in [4.69, 9.17) is 0 Å². The molecule has 0 aliphatic heterocycles. The standard InChI is InChI=1S/C13H17N3O/c1-4-16-11(8-14-15-16)13(17)12-9(2)6-5-7-10(12)3/h5-8,13,17H,4H2,1-3H3. The van der Waals surface area contributed by atoms with Crippen LogP contribution in [0.1, 0.15) is 35.4 Å². The Labute approximate surface area is 101 Å². The quantitative estimate of drug-likeness (QED) is 0.879. The van der Waals surface area contributed by atoms with Crippen LogP contribution in [-0.2, 0) is 6.54 Å². The Morgan fingerprint density at radius 1 is 1.29 bits per heavy atom. The molecule has 1 unspecified atom stereocenters. The Morgan fingerprint density at radius 2 is 1.94 bits per heavy atom. The maximum Gasteiger partial charge on any atom is 0.123 e. The molecule has 0 aliphatic carbocycles. The highest BCUT2D eigenvalue weighted by Gasteiger charge is 2.19. The maximum absolute atomic E-state index is 10.5. The van der Waals surface area contributed by atoms with Gasteiger partial charge in [0.25, 0.3) is 0 Å². The first-order chi connectivity index (χ1) is 8.15. The number of aromatic nitrogens is 3. The Balaban J connectivity index is 2.47. The van der Waals surface area contributed by atoms with Crippen molar-refractivity contribution in [1.82, 2.24) is 15.0 Å². The van der Waals surface area contributed by atoms with Crippen molar-refractivity contribution < 1.29 is 5.11 Å². The third kappa shape index (κ3) is 2.08. The van der Waals surface area contributed by atoms with Gasteiger partial charge in [0, 0.05) is 6.54 Å². The van der Waals surface area contributed by atoms with Crippen molar-refractivity contribution in [1.29, 1.82) is 0 Å². The van der Waals surface area contributed by atoms with Crippen molar-refractivity contribution in [3.8, 4) is 0 Å². The lowest BCUT2D eigenvalue weighted by Gasteiger charge is -2.16. The molecule has 2 aromatic rings. The van der Waals surface area contributed by atoms with Gasteiger partial charge < -0.3 is 5.11 Å². The number of aliphatic hydroxyl groups is 1. The van der Waals surface area contributed by atoms with Crippen LogP contribution in [0.2, 0.25) is 0 Å². The summed E-state index contributed by atoms with van der Waals surface area (Å²) in [4.78, 5) is 0. The summed E-state index contributed by atoms with van der Waals surface area (Å²) in [5, 5.41) is 18.3. The fourth-order valence-corrected chi connectivity index (χ4v) is 2.13. The first-order valence-electron chi connectivity index (χ1n) is 5.77. The fraction of sp³-hybridized carbons (Fsp3) is 0.385. The summed E-state index contributed by atoms with van der Waals surface area (Å²) in [5.74, 6) is 0. The molecule has 0 saturated carbocycles. The average Bonchev–Trinajstić information content (AvgIpc) is 2.76. The molecule has 0 saturated heterocycles. The Hall–Kier alpha value is -1.68. The van der Waals surface area contributed by atoms with Crippen LogP contribution in [-0.4, -0.2) is 20.1 Å². The summed E-state index contributed by atoms with van der Waals surface area (Å²) in [7, 11) is 0. The van der Waals surface area contributed by atoms with Gasteiger partial charge in [-0.3, -0.25) is 0 Å². The molecule has 0 spiro atoms. The largest absolute Gasteiger partial charge is 0.382 e. The van der Waals surface area contributed by atoms with Crippen molar-refractivity contribution in [3.63, 3.8) is 0 Å². The fourth-order valence-electron chi connectivity index (χ4n) is 2.13. The van der Waals surface area contributed by atoms with Gasteiger partial charge in [-0.2, -0.15) is 0 Å². The highest BCUT2D eigenvalue weighted by atomic mass is 16.3. The molecule has 4 nitrogen and oxygen atoms in total. The molecule has 0 aliphatic rings. The molecule has 0 bridgehead atoms. The van der Waals surface area contributed by atoms with Gasteiger partial charge in [-0.1, -0.05) is 23.4 Å². The lowest BCUT2D eigenvalue weighted by molar-refractivity contribution is 0.206. The van der Waals surface area contributed by atoms with Gasteiger partial charge >= 0.3 is 0 Å². The minimum Gasteiger partial charge on any atom is -0.382 e. The van der Waals surface area contributed by atoms with Crippen molar-refractivity contribution in [2.24, 2.45) is 0 Å². The van der Waals surface area contributed by atoms with E-state index in [-0.39, 0.29) is 0 Å². The number of hydrogen-bond acceptors (Lipinski definition) is 3. The minimum absolute atomic E-state index is 0.661. The molecule has 17 heavy (non-hydrogen) atoms. The molecule has 2 rings (SSSR count). The van der Waals surface area contributed by atoms with E-state index < -0.39 is 6.10 Å². The van der Waals surface area contributed by atoms with Gasteiger partial charge in [0.1, 0.15) is 6.10 Å². The first kappa shape index (κ1) is 11.8. The molecule has 1 heterocycles. The zero-order chi connectivity index (χ0) is 12.4. The van der Waals surface area contributed by atoms with E-state index >= 15 is 0 Å². The molecule has 0 amide bonds. The van der Waals surface area contributed by atoms with Crippen LogP contribution in [0.15, 0.2) is 24.4 Å². The third-order valence-electron chi connectivity index (χ3n) is 3.04. The van der Waals surface area contributed by atoms with Gasteiger partial charge in [0.05, 0.1) is 11.9 Å². The van der Waals surface area contributed by atoms with E-state index in [1.807, 2.05) is 39.0 Å². The van der Waals surface area contributed by atoms with Gasteiger partial charge in [0.15, 0.2) is 0 Å². The topological polar surface area (TPSA) is 50.9 Å². The van der Waals surface area contributed by atoms with Gasteiger partial charge in [-0.15, -0.1) is 5.10 Å². The molecule has 1 atom stereocenters. The molecule has 1 aromatic heterocycles. The third-order valence-corrected chi connectivity index (χ3v) is 3.04. The first-order valence-corrected chi connectivity index (χ1v) is 5.77. The second-order valence-electron chi connectivity index (χ2n) is 4.18. The lowest BCUT2D eigenvalue weighted by Crippen LogP contribution is -2.11. The van der Waals surface area contributed by atoms with Gasteiger partial charge in [0.2, 0.25) is 0 Å². The molecule has 90 valence electrons. The predicted molar refractivity (Wildman–Crippen MR) is 65.7 cm³/mol. The van der Waals surface area contributed by atoms with E-state index in [1.54, 1.807) is 10.9 Å². The SMILES string of the molecule is CCn1nncc1C(O)c1c(C)cccc1C.